The molecule has 2 aromatic rings. The number of anilines is 1. The van der Waals surface area contributed by atoms with Crippen LogP contribution in [0.2, 0.25) is 5.02 Å². The van der Waals surface area contributed by atoms with Gasteiger partial charge in [0.1, 0.15) is 5.75 Å². The molecule has 0 aliphatic carbocycles. The Morgan fingerprint density at radius 2 is 1.95 bits per heavy atom. The topological polar surface area (TPSA) is 45.1 Å². The van der Waals surface area contributed by atoms with Gasteiger partial charge in [0.25, 0.3) is 0 Å². The normalized spacial score (nSPS) is 11.4. The number of benzene rings is 1. The summed E-state index contributed by atoms with van der Waals surface area (Å²) in [6.45, 7) is 0.220. The fourth-order valence-corrected chi connectivity index (χ4v) is 1.80. The highest BCUT2D eigenvalue weighted by atomic mass is 35.5. The highest BCUT2D eigenvalue weighted by Gasteiger charge is 2.31. The second-order valence-corrected chi connectivity index (χ2v) is 4.52. The quantitative estimate of drug-likeness (QED) is 0.898. The number of nitrogens with zero attached hydrogens (tertiary/aromatic N) is 1. The molecule has 1 aromatic carbocycles. The van der Waals surface area contributed by atoms with E-state index in [4.69, 9.17) is 16.7 Å². The summed E-state index contributed by atoms with van der Waals surface area (Å²) in [6.07, 6.45) is -3.19. The van der Waals surface area contributed by atoms with Gasteiger partial charge in [-0.2, -0.15) is 13.2 Å². The molecule has 0 fully saturated rings. The van der Waals surface area contributed by atoms with Crippen LogP contribution >= 0.6 is 11.6 Å². The lowest BCUT2D eigenvalue weighted by molar-refractivity contribution is -0.137. The number of halogens is 4. The Morgan fingerprint density at radius 1 is 1.20 bits per heavy atom. The number of rotatable bonds is 3. The van der Waals surface area contributed by atoms with Gasteiger partial charge >= 0.3 is 6.18 Å². The summed E-state index contributed by atoms with van der Waals surface area (Å²) in [4.78, 5) is 3.92. The number of nitrogens with one attached hydrogen (secondary N) is 1. The van der Waals surface area contributed by atoms with Crippen LogP contribution in [0.5, 0.6) is 5.75 Å². The fraction of sp³-hybridized carbons (Fsp3) is 0.154. The third kappa shape index (κ3) is 3.77. The second kappa shape index (κ2) is 5.58. The molecule has 0 atom stereocenters. The Morgan fingerprint density at radius 3 is 2.55 bits per heavy atom. The Bertz CT molecular complexity index is 600. The largest absolute Gasteiger partial charge is 0.506 e. The molecule has 7 heteroatoms. The van der Waals surface area contributed by atoms with E-state index in [9.17, 15) is 13.2 Å². The van der Waals surface area contributed by atoms with E-state index in [2.05, 4.69) is 10.3 Å². The summed E-state index contributed by atoms with van der Waals surface area (Å²) in [6, 6.07) is 6.26. The predicted molar refractivity (Wildman–Crippen MR) is 69.7 cm³/mol. The maximum Gasteiger partial charge on any atom is 0.416 e. The minimum absolute atomic E-state index is 0.000917. The van der Waals surface area contributed by atoms with Crippen LogP contribution in [-0.4, -0.2) is 10.1 Å². The summed E-state index contributed by atoms with van der Waals surface area (Å²) in [5.74, 6) is 0.0239. The number of hydrogen-bond acceptors (Lipinski definition) is 3. The Hall–Kier alpha value is -1.95. The third-order valence-corrected chi connectivity index (χ3v) is 2.73. The molecule has 20 heavy (non-hydrogen) atoms. The van der Waals surface area contributed by atoms with E-state index in [1.165, 1.54) is 18.3 Å². The van der Waals surface area contributed by atoms with Gasteiger partial charge in [0.2, 0.25) is 0 Å². The van der Waals surface area contributed by atoms with Gasteiger partial charge in [-0.3, -0.25) is 4.98 Å². The number of pyridine rings is 1. The number of hydrogen-bond donors (Lipinski definition) is 2. The first-order valence-electron chi connectivity index (χ1n) is 5.60. The standard InChI is InChI=1S/C13H10ClF3N2O/c14-9-3-8(13(15,16)17)4-11(5-9)18-6-10-1-2-12(20)7-19-10/h1-5,7,18,20H,6H2. The third-order valence-electron chi connectivity index (χ3n) is 2.51. The molecule has 0 spiro atoms. The monoisotopic (exact) mass is 302 g/mol. The van der Waals surface area contributed by atoms with E-state index in [1.807, 2.05) is 0 Å². The molecule has 1 aromatic heterocycles. The Kier molecular flexibility index (Phi) is 4.04. The first-order valence-corrected chi connectivity index (χ1v) is 5.98. The Labute approximate surface area is 118 Å². The van der Waals surface area contributed by atoms with Crippen LogP contribution in [0.4, 0.5) is 18.9 Å². The van der Waals surface area contributed by atoms with Gasteiger partial charge in [0.05, 0.1) is 24.0 Å². The molecular formula is C13H10ClF3N2O. The van der Waals surface area contributed by atoms with Gasteiger partial charge in [-0.1, -0.05) is 11.6 Å². The zero-order chi connectivity index (χ0) is 14.8. The number of aromatic nitrogens is 1. The number of aromatic hydroxyl groups is 1. The molecule has 3 nitrogen and oxygen atoms in total. The van der Waals surface area contributed by atoms with Crippen molar-refractivity contribution in [3.63, 3.8) is 0 Å². The van der Waals surface area contributed by atoms with Gasteiger partial charge in [-0.15, -0.1) is 0 Å². The van der Waals surface area contributed by atoms with E-state index in [0.29, 0.717) is 5.69 Å². The van der Waals surface area contributed by atoms with Crippen LogP contribution in [0.25, 0.3) is 0 Å². The maximum atomic E-state index is 12.6. The van der Waals surface area contributed by atoms with Crippen LogP contribution in [0, 0.1) is 0 Å². The molecule has 0 saturated heterocycles. The van der Waals surface area contributed by atoms with Crippen molar-refractivity contribution in [2.24, 2.45) is 0 Å². The lowest BCUT2D eigenvalue weighted by Gasteiger charge is -2.11. The minimum Gasteiger partial charge on any atom is -0.506 e. The average molecular weight is 303 g/mol. The van der Waals surface area contributed by atoms with Crippen molar-refractivity contribution in [2.45, 2.75) is 12.7 Å². The molecule has 106 valence electrons. The molecule has 2 N–H and O–H groups in total. The van der Waals surface area contributed by atoms with Gasteiger partial charge < -0.3 is 10.4 Å². The average Bonchev–Trinajstić information content (AvgIpc) is 2.36. The van der Waals surface area contributed by atoms with E-state index < -0.39 is 11.7 Å². The SMILES string of the molecule is Oc1ccc(CNc2cc(Cl)cc(C(F)(F)F)c2)nc1. The van der Waals surface area contributed by atoms with Crippen molar-refractivity contribution in [2.75, 3.05) is 5.32 Å². The van der Waals surface area contributed by atoms with Crippen molar-refractivity contribution >= 4 is 17.3 Å². The molecule has 0 saturated carbocycles. The van der Waals surface area contributed by atoms with Gasteiger partial charge in [-0.05, 0) is 30.3 Å². The number of alkyl halides is 3. The lowest BCUT2D eigenvalue weighted by Crippen LogP contribution is -2.07. The van der Waals surface area contributed by atoms with Crippen molar-refractivity contribution in [3.05, 3.63) is 52.8 Å². The molecule has 2 rings (SSSR count). The van der Waals surface area contributed by atoms with Crippen LogP contribution in [-0.2, 0) is 12.7 Å². The maximum absolute atomic E-state index is 12.6. The molecular weight excluding hydrogens is 293 g/mol. The molecule has 0 aliphatic rings. The first-order chi connectivity index (χ1) is 9.34. The van der Waals surface area contributed by atoms with Crippen molar-refractivity contribution in [1.29, 1.82) is 0 Å². The zero-order valence-corrected chi connectivity index (χ0v) is 10.8. The highest BCUT2D eigenvalue weighted by Crippen LogP contribution is 2.33. The fourth-order valence-electron chi connectivity index (χ4n) is 1.57. The highest BCUT2D eigenvalue weighted by molar-refractivity contribution is 6.30. The van der Waals surface area contributed by atoms with Crippen LogP contribution in [0.1, 0.15) is 11.3 Å². The van der Waals surface area contributed by atoms with E-state index in [1.54, 1.807) is 6.07 Å². The van der Waals surface area contributed by atoms with Crippen LogP contribution in [0.3, 0.4) is 0 Å². The zero-order valence-electron chi connectivity index (χ0n) is 10.1. The van der Waals surface area contributed by atoms with E-state index >= 15 is 0 Å². The smallest absolute Gasteiger partial charge is 0.416 e. The molecule has 0 aliphatic heterocycles. The van der Waals surface area contributed by atoms with Crippen molar-refractivity contribution in [3.8, 4) is 5.75 Å². The van der Waals surface area contributed by atoms with Gasteiger partial charge in [-0.25, -0.2) is 0 Å². The molecule has 1 heterocycles. The summed E-state index contributed by atoms with van der Waals surface area (Å²) in [5.41, 5.74) is 0.0159. The van der Waals surface area contributed by atoms with Crippen LogP contribution < -0.4 is 5.32 Å². The second-order valence-electron chi connectivity index (χ2n) is 4.09. The molecule has 0 radical (unpaired) electrons. The van der Waals surface area contributed by atoms with Crippen molar-refractivity contribution in [1.82, 2.24) is 4.98 Å². The van der Waals surface area contributed by atoms with Gasteiger partial charge in [0.15, 0.2) is 0 Å². The van der Waals surface area contributed by atoms with E-state index in [0.717, 1.165) is 12.1 Å². The molecule has 0 bridgehead atoms. The summed E-state index contributed by atoms with van der Waals surface area (Å²) in [7, 11) is 0. The first kappa shape index (κ1) is 14.5. The van der Waals surface area contributed by atoms with E-state index in [-0.39, 0.29) is 23.0 Å². The summed E-state index contributed by atoms with van der Waals surface area (Å²) < 4.78 is 37.9. The molecule has 0 unspecified atom stereocenters. The summed E-state index contributed by atoms with van der Waals surface area (Å²) >= 11 is 5.67. The van der Waals surface area contributed by atoms with Crippen LogP contribution in [0.15, 0.2) is 36.5 Å². The molecule has 0 amide bonds. The van der Waals surface area contributed by atoms with Gasteiger partial charge in [0, 0.05) is 10.7 Å². The van der Waals surface area contributed by atoms with Crippen molar-refractivity contribution < 1.29 is 18.3 Å². The summed E-state index contributed by atoms with van der Waals surface area (Å²) in [5, 5.41) is 11.9. The lowest BCUT2D eigenvalue weighted by atomic mass is 10.2. The minimum atomic E-state index is -4.45. The predicted octanol–water partition coefficient (Wildman–Crippen LogP) is 4.07. The Balaban J connectivity index is 2.13.